The molecule has 1 rings (SSSR count). The van der Waals surface area contributed by atoms with E-state index in [2.05, 4.69) is 15.6 Å². The molecule has 0 saturated heterocycles. The second-order valence-electron chi connectivity index (χ2n) is 3.70. The molecule has 1 heterocycles. The number of hydrogen-bond acceptors (Lipinski definition) is 4. The van der Waals surface area contributed by atoms with E-state index >= 15 is 0 Å². The number of rotatable bonds is 5. The van der Waals surface area contributed by atoms with Crippen molar-refractivity contribution in [2.75, 3.05) is 6.61 Å². The third-order valence-corrected chi connectivity index (χ3v) is 2.37. The standard InChI is InChI=1S/C11H15N3O4/c1-7-2-3-12-4-8(7)5-13-11(18)14-9(6-15)10(16)17/h2-4,9,15H,5-6H2,1H3,(H,16,17)(H2,13,14,18)/t9-/m0/s1. The van der Waals surface area contributed by atoms with Crippen LogP contribution < -0.4 is 10.6 Å². The number of carbonyl (C=O) groups excluding carboxylic acids is 1. The van der Waals surface area contributed by atoms with Crippen molar-refractivity contribution in [1.82, 2.24) is 15.6 Å². The summed E-state index contributed by atoms with van der Waals surface area (Å²) in [5, 5.41) is 22.0. The Bertz CT molecular complexity index is 436. The summed E-state index contributed by atoms with van der Waals surface area (Å²) in [6.07, 6.45) is 3.27. The van der Waals surface area contributed by atoms with E-state index in [0.29, 0.717) is 0 Å². The molecule has 7 heteroatoms. The number of aromatic nitrogens is 1. The minimum atomic E-state index is -1.31. The van der Waals surface area contributed by atoms with Crippen molar-refractivity contribution in [2.45, 2.75) is 19.5 Å². The summed E-state index contributed by atoms with van der Waals surface area (Å²) in [6.45, 7) is 1.46. The largest absolute Gasteiger partial charge is 0.480 e. The van der Waals surface area contributed by atoms with Crippen molar-refractivity contribution < 1.29 is 19.8 Å². The van der Waals surface area contributed by atoms with Crippen molar-refractivity contribution in [3.63, 3.8) is 0 Å². The molecule has 0 saturated carbocycles. The zero-order chi connectivity index (χ0) is 13.5. The number of pyridine rings is 1. The highest BCUT2D eigenvalue weighted by Gasteiger charge is 2.18. The maximum absolute atomic E-state index is 11.4. The first-order valence-electron chi connectivity index (χ1n) is 5.32. The van der Waals surface area contributed by atoms with Crippen molar-refractivity contribution in [3.8, 4) is 0 Å². The lowest BCUT2D eigenvalue weighted by Crippen LogP contribution is -2.47. The number of carboxylic acids is 1. The molecule has 0 spiro atoms. The first-order valence-corrected chi connectivity index (χ1v) is 5.32. The van der Waals surface area contributed by atoms with Crippen LogP contribution in [0.25, 0.3) is 0 Å². The second kappa shape index (κ2) is 6.55. The summed E-state index contributed by atoms with van der Waals surface area (Å²) in [5.74, 6) is -1.29. The molecule has 0 fully saturated rings. The molecule has 4 N–H and O–H groups in total. The van der Waals surface area contributed by atoms with Gasteiger partial charge in [0.25, 0.3) is 0 Å². The lowest BCUT2D eigenvalue weighted by molar-refractivity contribution is -0.140. The van der Waals surface area contributed by atoms with Crippen LogP contribution in [0.4, 0.5) is 4.79 Å². The van der Waals surface area contributed by atoms with Gasteiger partial charge in [-0.15, -0.1) is 0 Å². The van der Waals surface area contributed by atoms with Crippen molar-refractivity contribution >= 4 is 12.0 Å². The average Bonchev–Trinajstić information content (AvgIpc) is 2.34. The maximum atomic E-state index is 11.4. The first-order chi connectivity index (χ1) is 8.54. The summed E-state index contributed by atoms with van der Waals surface area (Å²) >= 11 is 0. The summed E-state index contributed by atoms with van der Waals surface area (Å²) in [4.78, 5) is 25.9. The van der Waals surface area contributed by atoms with Gasteiger partial charge in [0, 0.05) is 18.9 Å². The number of carbonyl (C=O) groups is 2. The van der Waals surface area contributed by atoms with E-state index in [0.717, 1.165) is 11.1 Å². The van der Waals surface area contributed by atoms with Gasteiger partial charge in [0.05, 0.1) is 6.61 Å². The minimum Gasteiger partial charge on any atom is -0.480 e. The van der Waals surface area contributed by atoms with Crippen molar-refractivity contribution in [1.29, 1.82) is 0 Å². The van der Waals surface area contributed by atoms with Gasteiger partial charge in [-0.3, -0.25) is 4.98 Å². The van der Waals surface area contributed by atoms with Crippen LogP contribution in [-0.2, 0) is 11.3 Å². The van der Waals surface area contributed by atoms with E-state index in [1.54, 1.807) is 12.4 Å². The molecule has 0 aliphatic heterocycles. The summed E-state index contributed by atoms with van der Waals surface area (Å²) in [7, 11) is 0. The molecule has 0 aromatic carbocycles. The Kier molecular flexibility index (Phi) is 5.06. The topological polar surface area (TPSA) is 112 Å². The van der Waals surface area contributed by atoms with E-state index in [9.17, 15) is 9.59 Å². The second-order valence-corrected chi connectivity index (χ2v) is 3.70. The van der Waals surface area contributed by atoms with Crippen LogP contribution in [0.2, 0.25) is 0 Å². The number of nitrogens with zero attached hydrogens (tertiary/aromatic N) is 1. The van der Waals surface area contributed by atoms with Gasteiger partial charge in [-0.25, -0.2) is 9.59 Å². The first kappa shape index (κ1) is 13.9. The summed E-state index contributed by atoms with van der Waals surface area (Å²) in [5.41, 5.74) is 1.81. The van der Waals surface area contributed by atoms with Crippen LogP contribution in [-0.4, -0.2) is 39.8 Å². The highest BCUT2D eigenvalue weighted by Crippen LogP contribution is 2.03. The molecule has 0 radical (unpaired) electrons. The number of aliphatic hydroxyl groups is 1. The molecule has 0 unspecified atom stereocenters. The highest BCUT2D eigenvalue weighted by atomic mass is 16.4. The molecule has 1 aromatic heterocycles. The predicted molar refractivity (Wildman–Crippen MR) is 62.9 cm³/mol. The Balaban J connectivity index is 2.47. The summed E-state index contributed by atoms with van der Waals surface area (Å²) in [6, 6.07) is -0.150. The molecular weight excluding hydrogens is 238 g/mol. The third-order valence-electron chi connectivity index (χ3n) is 2.37. The van der Waals surface area contributed by atoms with Crippen molar-refractivity contribution in [3.05, 3.63) is 29.6 Å². The lowest BCUT2D eigenvalue weighted by Gasteiger charge is -2.13. The highest BCUT2D eigenvalue weighted by molar-refractivity contribution is 5.82. The van der Waals surface area contributed by atoms with Crippen molar-refractivity contribution in [2.24, 2.45) is 0 Å². The normalized spacial score (nSPS) is 11.7. The molecule has 18 heavy (non-hydrogen) atoms. The van der Waals surface area contributed by atoms with Gasteiger partial charge < -0.3 is 20.8 Å². The number of aliphatic carboxylic acids is 1. The fraction of sp³-hybridized carbons (Fsp3) is 0.364. The minimum absolute atomic E-state index is 0.239. The molecule has 98 valence electrons. The number of hydrogen-bond donors (Lipinski definition) is 4. The Morgan fingerprint density at radius 1 is 1.50 bits per heavy atom. The number of aliphatic hydroxyl groups excluding tert-OH is 1. The molecule has 1 atom stereocenters. The Hall–Kier alpha value is -2.15. The molecular formula is C11H15N3O4. The number of aryl methyl sites for hydroxylation is 1. The number of carboxylic acid groups (broad SMARTS) is 1. The van der Waals surface area contributed by atoms with E-state index < -0.39 is 24.6 Å². The summed E-state index contributed by atoms with van der Waals surface area (Å²) < 4.78 is 0. The van der Waals surface area contributed by atoms with E-state index in [-0.39, 0.29) is 6.54 Å². The van der Waals surface area contributed by atoms with Crippen LogP contribution in [0.1, 0.15) is 11.1 Å². The number of amides is 2. The van der Waals surface area contributed by atoms with Gasteiger partial charge >= 0.3 is 12.0 Å². The zero-order valence-electron chi connectivity index (χ0n) is 9.88. The van der Waals surface area contributed by atoms with Gasteiger partial charge in [-0.1, -0.05) is 0 Å². The molecule has 2 amide bonds. The molecule has 0 bridgehead atoms. The van der Waals surface area contributed by atoms with Crippen LogP contribution in [0.5, 0.6) is 0 Å². The smallest absolute Gasteiger partial charge is 0.328 e. The fourth-order valence-electron chi connectivity index (χ4n) is 1.25. The van der Waals surface area contributed by atoms with Crippen LogP contribution in [0.15, 0.2) is 18.5 Å². The van der Waals surface area contributed by atoms with Crippen LogP contribution in [0, 0.1) is 6.92 Å². The van der Waals surface area contributed by atoms with Crippen LogP contribution in [0.3, 0.4) is 0 Å². The fourth-order valence-corrected chi connectivity index (χ4v) is 1.25. The third kappa shape index (κ3) is 4.02. The Morgan fingerprint density at radius 2 is 2.22 bits per heavy atom. The number of urea groups is 1. The molecule has 7 nitrogen and oxygen atoms in total. The zero-order valence-corrected chi connectivity index (χ0v) is 9.88. The molecule has 0 aliphatic rings. The predicted octanol–water partition coefficient (Wildman–Crippen LogP) is -0.365. The van der Waals surface area contributed by atoms with Crippen LogP contribution >= 0.6 is 0 Å². The van der Waals surface area contributed by atoms with Gasteiger partial charge in [0.2, 0.25) is 0 Å². The van der Waals surface area contributed by atoms with Gasteiger partial charge in [0.15, 0.2) is 6.04 Å². The van der Waals surface area contributed by atoms with E-state index in [1.807, 2.05) is 13.0 Å². The van der Waals surface area contributed by atoms with E-state index in [4.69, 9.17) is 10.2 Å². The van der Waals surface area contributed by atoms with Gasteiger partial charge in [-0.2, -0.15) is 0 Å². The lowest BCUT2D eigenvalue weighted by atomic mass is 10.2. The van der Waals surface area contributed by atoms with Gasteiger partial charge in [-0.05, 0) is 24.1 Å². The number of nitrogens with one attached hydrogen (secondary N) is 2. The molecule has 1 aromatic rings. The maximum Gasteiger partial charge on any atom is 0.328 e. The average molecular weight is 253 g/mol. The van der Waals surface area contributed by atoms with E-state index in [1.165, 1.54) is 0 Å². The molecule has 0 aliphatic carbocycles. The monoisotopic (exact) mass is 253 g/mol. The Morgan fingerprint density at radius 3 is 2.78 bits per heavy atom. The Labute approximate surface area is 104 Å². The van der Waals surface area contributed by atoms with Gasteiger partial charge in [0.1, 0.15) is 0 Å². The SMILES string of the molecule is Cc1ccncc1CNC(=O)N[C@@H](CO)C(=O)O. The quantitative estimate of drug-likeness (QED) is 0.572.